The van der Waals surface area contributed by atoms with Gasteiger partial charge in [0.05, 0.1) is 20.4 Å². The lowest BCUT2D eigenvalue weighted by Gasteiger charge is -2.10. The molecule has 0 saturated carbocycles. The predicted octanol–water partition coefficient (Wildman–Crippen LogP) is 0.0836. The average molecular weight is 335 g/mol. The van der Waals surface area contributed by atoms with E-state index in [1.54, 1.807) is 0 Å². The van der Waals surface area contributed by atoms with Gasteiger partial charge in [-0.2, -0.15) is 0 Å². The molecule has 23 heavy (non-hydrogen) atoms. The van der Waals surface area contributed by atoms with Gasteiger partial charge in [-0.15, -0.1) is 5.48 Å². The first-order chi connectivity index (χ1) is 11.0. The predicted molar refractivity (Wildman–Crippen MR) is 76.3 cm³/mol. The number of methoxy groups -OCH3 is 2. The number of rotatable bonds is 10. The van der Waals surface area contributed by atoms with Crippen LogP contribution in [-0.2, 0) is 28.7 Å². The number of nitrogens with zero attached hydrogens (tertiary/aromatic N) is 1. The number of hydroxylamine groups is 1. The van der Waals surface area contributed by atoms with Gasteiger partial charge in [-0.05, 0) is 19.3 Å². The molecule has 11 nitrogen and oxygen atoms in total. The summed E-state index contributed by atoms with van der Waals surface area (Å²) in [7, 11) is 2.33. The standard InChI is InChI=1S/C12H21N3O8/c1-19-11(17)22-14-6-4-3-5-9(13)10(16)21-8-7-15-23-12(18)20-2/h7,9,14H,3-6,8,13H2,1-2H3/t9-/m0/s1. The molecule has 0 aromatic heterocycles. The number of ether oxygens (including phenoxy) is 3. The minimum Gasteiger partial charge on any atom is -0.459 e. The van der Waals surface area contributed by atoms with Crippen molar-refractivity contribution in [3.63, 3.8) is 0 Å². The summed E-state index contributed by atoms with van der Waals surface area (Å²) in [4.78, 5) is 41.3. The first-order valence-electron chi connectivity index (χ1n) is 6.68. The Labute approximate surface area is 132 Å². The van der Waals surface area contributed by atoms with E-state index in [4.69, 9.17) is 10.5 Å². The molecule has 0 aromatic carbocycles. The average Bonchev–Trinajstić information content (AvgIpc) is 2.56. The molecule has 1 atom stereocenters. The molecule has 0 fully saturated rings. The van der Waals surface area contributed by atoms with E-state index in [-0.39, 0.29) is 6.61 Å². The summed E-state index contributed by atoms with van der Waals surface area (Å²) in [6.45, 7) is 0.215. The van der Waals surface area contributed by atoms with E-state index in [9.17, 15) is 14.4 Å². The van der Waals surface area contributed by atoms with Crippen LogP contribution in [0.25, 0.3) is 0 Å². The highest BCUT2D eigenvalue weighted by atomic mass is 16.8. The third-order valence-corrected chi connectivity index (χ3v) is 2.34. The molecule has 0 aliphatic rings. The van der Waals surface area contributed by atoms with E-state index in [2.05, 4.69) is 29.8 Å². The molecule has 0 aliphatic heterocycles. The Morgan fingerprint density at radius 3 is 2.52 bits per heavy atom. The maximum Gasteiger partial charge on any atom is 0.534 e. The van der Waals surface area contributed by atoms with Crippen molar-refractivity contribution in [3.8, 4) is 0 Å². The molecule has 11 heteroatoms. The molecule has 0 heterocycles. The van der Waals surface area contributed by atoms with Crippen molar-refractivity contribution >= 4 is 24.5 Å². The maximum atomic E-state index is 11.5. The summed E-state index contributed by atoms with van der Waals surface area (Å²) in [6, 6.07) is -0.786. The van der Waals surface area contributed by atoms with Gasteiger partial charge in [0, 0.05) is 6.54 Å². The molecule has 0 unspecified atom stereocenters. The summed E-state index contributed by atoms with van der Waals surface area (Å²) in [5.74, 6) is -0.603. The highest BCUT2D eigenvalue weighted by Crippen LogP contribution is 2.00. The Kier molecular flexibility index (Phi) is 11.9. The molecule has 3 N–H and O–H groups in total. The Hall–Kier alpha value is -2.40. The Bertz CT molecular complexity index is 402. The van der Waals surface area contributed by atoms with Gasteiger partial charge in [-0.25, -0.2) is 9.59 Å². The topological polar surface area (TPSA) is 148 Å². The summed E-state index contributed by atoms with van der Waals surface area (Å²) in [5, 5.41) is 3.21. The van der Waals surface area contributed by atoms with Crippen LogP contribution in [-0.4, -0.2) is 57.9 Å². The summed E-state index contributed by atoms with van der Waals surface area (Å²) in [6.07, 6.45) is 0.918. The number of oxime groups is 1. The fourth-order valence-electron chi connectivity index (χ4n) is 1.21. The minimum atomic E-state index is -0.978. The van der Waals surface area contributed by atoms with Crippen LogP contribution in [0.2, 0.25) is 0 Å². The van der Waals surface area contributed by atoms with Gasteiger partial charge in [0.2, 0.25) is 0 Å². The molecule has 132 valence electrons. The SMILES string of the molecule is COC(=O)ON=CCOC(=O)[C@@H](N)CCCCNOC(=O)OC. The number of carbonyl (C=O) groups is 3. The maximum absolute atomic E-state index is 11.5. The van der Waals surface area contributed by atoms with Gasteiger partial charge in [-0.1, -0.05) is 5.16 Å². The first-order valence-corrected chi connectivity index (χ1v) is 6.68. The molecule has 0 saturated heterocycles. The molecule has 0 aliphatic carbocycles. The molecule has 0 radical (unpaired) electrons. The van der Waals surface area contributed by atoms with E-state index in [0.29, 0.717) is 25.8 Å². The van der Waals surface area contributed by atoms with Gasteiger partial charge in [0.25, 0.3) is 0 Å². The second-order valence-corrected chi connectivity index (χ2v) is 4.02. The number of esters is 1. The second-order valence-electron chi connectivity index (χ2n) is 4.02. The van der Waals surface area contributed by atoms with Crippen molar-refractivity contribution in [1.29, 1.82) is 0 Å². The third-order valence-electron chi connectivity index (χ3n) is 2.34. The van der Waals surface area contributed by atoms with Gasteiger partial charge in [0.1, 0.15) is 12.6 Å². The Morgan fingerprint density at radius 1 is 1.17 bits per heavy atom. The number of nitrogens with two attached hydrogens (primary N) is 1. The van der Waals surface area contributed by atoms with Gasteiger partial charge < -0.3 is 24.8 Å². The summed E-state index contributed by atoms with van der Waals surface area (Å²) >= 11 is 0. The number of hydrogen-bond acceptors (Lipinski definition) is 11. The van der Waals surface area contributed by atoms with Crippen LogP contribution in [0.15, 0.2) is 5.16 Å². The van der Waals surface area contributed by atoms with E-state index in [0.717, 1.165) is 13.3 Å². The molecular formula is C12H21N3O8. The summed E-state index contributed by atoms with van der Waals surface area (Å²) < 4.78 is 13.2. The van der Waals surface area contributed by atoms with Crippen molar-refractivity contribution in [3.05, 3.63) is 0 Å². The third kappa shape index (κ3) is 11.9. The highest BCUT2D eigenvalue weighted by Gasteiger charge is 2.14. The van der Waals surface area contributed by atoms with E-state index in [1.807, 2.05) is 0 Å². The van der Waals surface area contributed by atoms with Gasteiger partial charge in [-0.3, -0.25) is 9.63 Å². The van der Waals surface area contributed by atoms with E-state index in [1.165, 1.54) is 7.11 Å². The Morgan fingerprint density at radius 2 is 1.87 bits per heavy atom. The smallest absolute Gasteiger partial charge is 0.459 e. The van der Waals surface area contributed by atoms with Crippen molar-refractivity contribution < 1.29 is 38.3 Å². The lowest BCUT2D eigenvalue weighted by Crippen LogP contribution is -2.32. The van der Waals surface area contributed by atoms with Crippen molar-refractivity contribution in [1.82, 2.24) is 5.48 Å². The molecule has 0 rings (SSSR count). The lowest BCUT2D eigenvalue weighted by molar-refractivity contribution is -0.143. The zero-order chi connectivity index (χ0) is 17.5. The monoisotopic (exact) mass is 335 g/mol. The van der Waals surface area contributed by atoms with E-state index < -0.39 is 24.3 Å². The first kappa shape index (κ1) is 20.6. The number of nitrogens with one attached hydrogen (secondary N) is 1. The van der Waals surface area contributed by atoms with Gasteiger partial charge >= 0.3 is 18.3 Å². The normalized spacial score (nSPS) is 11.6. The quantitative estimate of drug-likeness (QED) is 0.140. The minimum absolute atomic E-state index is 0.182. The van der Waals surface area contributed by atoms with Crippen LogP contribution in [0.5, 0.6) is 0 Å². The number of carbonyl (C=O) groups excluding carboxylic acids is 3. The Balaban J connectivity index is 3.62. The van der Waals surface area contributed by atoms with Crippen LogP contribution >= 0.6 is 0 Å². The number of hydrogen-bond donors (Lipinski definition) is 2. The summed E-state index contributed by atoms with van der Waals surface area (Å²) in [5.41, 5.74) is 8.04. The van der Waals surface area contributed by atoms with Gasteiger partial charge in [0.15, 0.2) is 0 Å². The highest BCUT2D eigenvalue weighted by molar-refractivity contribution is 5.77. The number of unbranched alkanes of at least 4 members (excludes halogenated alkanes) is 1. The second kappa shape index (κ2) is 13.3. The van der Waals surface area contributed by atoms with Crippen LogP contribution < -0.4 is 11.2 Å². The van der Waals surface area contributed by atoms with Crippen molar-refractivity contribution in [2.75, 3.05) is 27.4 Å². The van der Waals surface area contributed by atoms with Crippen molar-refractivity contribution in [2.45, 2.75) is 25.3 Å². The van der Waals surface area contributed by atoms with Crippen LogP contribution in [0.1, 0.15) is 19.3 Å². The molecule has 0 amide bonds. The van der Waals surface area contributed by atoms with Crippen LogP contribution in [0.4, 0.5) is 9.59 Å². The van der Waals surface area contributed by atoms with E-state index >= 15 is 0 Å². The fourth-order valence-corrected chi connectivity index (χ4v) is 1.21. The fraction of sp³-hybridized carbons (Fsp3) is 0.667. The zero-order valence-electron chi connectivity index (χ0n) is 13.0. The molecule has 0 bridgehead atoms. The van der Waals surface area contributed by atoms with Crippen LogP contribution in [0.3, 0.4) is 0 Å². The molecule has 0 aromatic rings. The van der Waals surface area contributed by atoms with Crippen LogP contribution in [0, 0.1) is 0 Å². The molecule has 0 spiro atoms. The molecular weight excluding hydrogens is 314 g/mol. The zero-order valence-corrected chi connectivity index (χ0v) is 13.0. The largest absolute Gasteiger partial charge is 0.534 e. The lowest BCUT2D eigenvalue weighted by atomic mass is 10.1. The van der Waals surface area contributed by atoms with Crippen molar-refractivity contribution in [2.24, 2.45) is 10.9 Å².